The highest BCUT2D eigenvalue weighted by Gasteiger charge is 2.20. The van der Waals surface area contributed by atoms with Crippen molar-refractivity contribution in [2.45, 2.75) is 45.1 Å². The number of hydrogen-bond acceptors (Lipinski definition) is 1. The topological polar surface area (TPSA) is 37.3 Å². The molecule has 0 rings (SSSR count). The molecule has 3 nitrogen and oxygen atoms in total. The highest BCUT2D eigenvalue weighted by molar-refractivity contribution is 5.66. The fourth-order valence-electron chi connectivity index (χ4n) is 1.82. The summed E-state index contributed by atoms with van der Waals surface area (Å²) in [6.45, 7) is 2.21. The van der Waals surface area contributed by atoms with Crippen LogP contribution < -0.4 is 0 Å². The van der Waals surface area contributed by atoms with Crippen LogP contribution in [0.1, 0.15) is 39.0 Å². The third-order valence-corrected chi connectivity index (χ3v) is 2.83. The number of aliphatic carboxylic acids is 1. The van der Waals surface area contributed by atoms with Gasteiger partial charge in [0.1, 0.15) is 0 Å². The maximum Gasteiger partial charge on any atom is 0.303 e. The first kappa shape index (κ1) is 14.4. The van der Waals surface area contributed by atoms with Gasteiger partial charge in [0.25, 0.3) is 0 Å². The fraction of sp³-hybridized carbons (Fsp3) is 0.833. The summed E-state index contributed by atoms with van der Waals surface area (Å²) in [5.41, 5.74) is 0. The minimum atomic E-state index is -0.704. The number of unbranched alkanes of at least 4 members (excludes halogenated alkanes) is 2. The van der Waals surface area contributed by atoms with Crippen LogP contribution >= 0.6 is 0 Å². The zero-order chi connectivity index (χ0) is 11.9. The smallest absolute Gasteiger partial charge is 0.303 e. The Labute approximate surface area is 93.7 Å². The highest BCUT2D eigenvalue weighted by atomic mass is 16.4. The van der Waals surface area contributed by atoms with Crippen molar-refractivity contribution >= 4 is 5.97 Å². The Morgan fingerprint density at radius 2 is 1.93 bits per heavy atom. The van der Waals surface area contributed by atoms with Crippen molar-refractivity contribution in [2.24, 2.45) is 0 Å². The average molecular weight is 215 g/mol. The van der Waals surface area contributed by atoms with Crippen molar-refractivity contribution < 1.29 is 14.4 Å². The molecule has 0 aliphatic heterocycles. The van der Waals surface area contributed by atoms with Gasteiger partial charge in [-0.1, -0.05) is 6.92 Å². The summed E-state index contributed by atoms with van der Waals surface area (Å²) in [5, 5.41) is 8.47. The molecule has 0 aromatic carbocycles. The summed E-state index contributed by atoms with van der Waals surface area (Å²) in [5.74, 6) is -0.704. The third-order valence-electron chi connectivity index (χ3n) is 2.83. The molecule has 1 radical (unpaired) electrons. The third kappa shape index (κ3) is 7.37. The van der Waals surface area contributed by atoms with Crippen LogP contribution in [-0.2, 0) is 4.79 Å². The molecule has 0 aromatic rings. The van der Waals surface area contributed by atoms with Gasteiger partial charge in [-0.25, -0.2) is 0 Å². The van der Waals surface area contributed by atoms with Gasteiger partial charge < -0.3 is 9.59 Å². The molecular weight excluding hydrogens is 190 g/mol. The van der Waals surface area contributed by atoms with Crippen LogP contribution in [0.3, 0.4) is 0 Å². The van der Waals surface area contributed by atoms with Crippen LogP contribution in [0.2, 0.25) is 0 Å². The van der Waals surface area contributed by atoms with E-state index >= 15 is 0 Å². The molecule has 15 heavy (non-hydrogen) atoms. The molecule has 3 heteroatoms. The van der Waals surface area contributed by atoms with Crippen LogP contribution in [0.4, 0.5) is 0 Å². The Hall–Kier alpha value is -0.570. The summed E-state index contributed by atoms with van der Waals surface area (Å²) < 4.78 is 0.989. The molecule has 1 unspecified atom stereocenters. The number of nitrogens with zero attached hydrogens (tertiary/aromatic N) is 1. The van der Waals surface area contributed by atoms with E-state index < -0.39 is 5.97 Å². The maximum absolute atomic E-state index is 10.3. The van der Waals surface area contributed by atoms with Crippen LogP contribution in [0, 0.1) is 6.42 Å². The molecule has 0 aliphatic rings. The van der Waals surface area contributed by atoms with Crippen LogP contribution in [0.5, 0.6) is 0 Å². The molecule has 0 saturated carbocycles. The molecule has 0 fully saturated rings. The van der Waals surface area contributed by atoms with Gasteiger partial charge in [0, 0.05) is 6.42 Å². The number of rotatable bonds is 8. The van der Waals surface area contributed by atoms with E-state index in [1.807, 2.05) is 0 Å². The lowest BCUT2D eigenvalue weighted by Crippen LogP contribution is -2.44. The second-order valence-corrected chi connectivity index (χ2v) is 4.98. The number of carboxylic acid groups (broad SMARTS) is 1. The summed E-state index contributed by atoms with van der Waals surface area (Å²) >= 11 is 0. The van der Waals surface area contributed by atoms with E-state index in [0.29, 0.717) is 12.5 Å². The summed E-state index contributed by atoms with van der Waals surface area (Å²) in [6, 6.07) is 0.672. The molecule has 1 atom stereocenters. The lowest BCUT2D eigenvalue weighted by atomic mass is 10.0. The van der Waals surface area contributed by atoms with Crippen molar-refractivity contribution in [3.8, 4) is 0 Å². The molecule has 0 amide bonds. The number of carboxylic acids is 1. The van der Waals surface area contributed by atoms with Gasteiger partial charge >= 0.3 is 5.97 Å². The monoisotopic (exact) mass is 215 g/mol. The summed E-state index contributed by atoms with van der Waals surface area (Å²) in [7, 11) is 6.64. The molecule has 0 aliphatic carbocycles. The standard InChI is InChI=1S/C12H24NO2/c1-5-11(13(2,3)4)9-7-6-8-10-12(14)15/h6,11H,5,7-10H2,1-4H3/p+1. The van der Waals surface area contributed by atoms with Gasteiger partial charge in [-0.05, 0) is 32.1 Å². The Kier molecular flexibility index (Phi) is 6.57. The first-order chi connectivity index (χ1) is 6.88. The lowest BCUT2D eigenvalue weighted by molar-refractivity contribution is -0.896. The zero-order valence-corrected chi connectivity index (χ0v) is 10.5. The molecule has 1 N–H and O–H groups in total. The second kappa shape index (κ2) is 6.83. The van der Waals surface area contributed by atoms with Crippen molar-refractivity contribution in [2.75, 3.05) is 21.1 Å². The molecular formula is C12H25NO2+. The first-order valence-electron chi connectivity index (χ1n) is 5.72. The van der Waals surface area contributed by atoms with Crippen molar-refractivity contribution in [3.63, 3.8) is 0 Å². The van der Waals surface area contributed by atoms with Crippen molar-refractivity contribution in [1.29, 1.82) is 0 Å². The predicted octanol–water partition coefficient (Wildman–Crippen LogP) is 2.32. The first-order valence-corrected chi connectivity index (χ1v) is 5.72. The van der Waals surface area contributed by atoms with E-state index in [9.17, 15) is 4.79 Å². The van der Waals surface area contributed by atoms with Gasteiger partial charge in [-0.15, -0.1) is 0 Å². The van der Waals surface area contributed by atoms with E-state index in [1.165, 1.54) is 6.42 Å². The number of hydrogen-bond donors (Lipinski definition) is 1. The van der Waals surface area contributed by atoms with Crippen LogP contribution in [0.15, 0.2) is 0 Å². The van der Waals surface area contributed by atoms with Crippen LogP contribution in [-0.4, -0.2) is 42.7 Å². The number of quaternary nitrogens is 1. The SMILES string of the molecule is CCC(CC[CH]CCC(=O)O)[N+](C)(C)C. The molecule has 0 aromatic heterocycles. The summed E-state index contributed by atoms with van der Waals surface area (Å²) in [6.07, 6.45) is 6.42. The molecule has 0 saturated heterocycles. The molecule has 89 valence electrons. The molecule has 0 bridgehead atoms. The zero-order valence-electron chi connectivity index (χ0n) is 10.5. The maximum atomic E-state index is 10.3. The number of carbonyl (C=O) groups is 1. The van der Waals surface area contributed by atoms with Crippen molar-refractivity contribution in [3.05, 3.63) is 6.42 Å². The molecule has 0 heterocycles. The average Bonchev–Trinajstić information content (AvgIpc) is 2.08. The van der Waals surface area contributed by atoms with Crippen molar-refractivity contribution in [1.82, 2.24) is 0 Å². The fourth-order valence-corrected chi connectivity index (χ4v) is 1.82. The van der Waals surface area contributed by atoms with Gasteiger partial charge in [-0.2, -0.15) is 0 Å². The lowest BCUT2D eigenvalue weighted by Gasteiger charge is -2.33. The minimum Gasteiger partial charge on any atom is -0.481 e. The van der Waals surface area contributed by atoms with E-state index in [1.54, 1.807) is 0 Å². The minimum absolute atomic E-state index is 0.265. The summed E-state index contributed by atoms with van der Waals surface area (Å²) in [4.78, 5) is 10.3. The highest BCUT2D eigenvalue weighted by Crippen LogP contribution is 2.15. The van der Waals surface area contributed by atoms with E-state index in [0.717, 1.165) is 17.3 Å². The Morgan fingerprint density at radius 3 is 2.33 bits per heavy atom. The Bertz CT molecular complexity index is 185. The predicted molar refractivity (Wildman–Crippen MR) is 62.5 cm³/mol. The van der Waals surface area contributed by atoms with Gasteiger partial charge in [0.2, 0.25) is 0 Å². The van der Waals surface area contributed by atoms with Crippen LogP contribution in [0.25, 0.3) is 0 Å². The van der Waals surface area contributed by atoms with E-state index in [-0.39, 0.29) is 6.42 Å². The Morgan fingerprint density at radius 1 is 1.33 bits per heavy atom. The molecule has 0 spiro atoms. The van der Waals surface area contributed by atoms with Gasteiger partial charge in [-0.3, -0.25) is 4.79 Å². The Balaban J connectivity index is 3.60. The van der Waals surface area contributed by atoms with Gasteiger partial charge in [0.05, 0.1) is 27.2 Å². The quantitative estimate of drug-likeness (QED) is 0.498. The normalized spacial score (nSPS) is 13.9. The van der Waals surface area contributed by atoms with Gasteiger partial charge in [0.15, 0.2) is 0 Å². The largest absolute Gasteiger partial charge is 0.481 e. The van der Waals surface area contributed by atoms with E-state index in [2.05, 4.69) is 34.5 Å². The van der Waals surface area contributed by atoms with E-state index in [4.69, 9.17) is 5.11 Å². The second-order valence-electron chi connectivity index (χ2n) is 4.98.